The van der Waals surface area contributed by atoms with Crippen LogP contribution in [-0.2, 0) is 4.74 Å². The summed E-state index contributed by atoms with van der Waals surface area (Å²) in [4.78, 5) is 22.4. The highest BCUT2D eigenvalue weighted by Gasteiger charge is 2.24. The third-order valence-electron chi connectivity index (χ3n) is 3.11. The fourth-order valence-corrected chi connectivity index (χ4v) is 2.45. The van der Waals surface area contributed by atoms with Gasteiger partial charge in [-0.25, -0.2) is 4.79 Å². The van der Waals surface area contributed by atoms with Crippen molar-refractivity contribution in [1.29, 1.82) is 0 Å². The molecule has 0 aliphatic rings. The summed E-state index contributed by atoms with van der Waals surface area (Å²) in [6.45, 7) is 0. The molecular weight excluding hydrogens is 359 g/mol. The van der Waals surface area contributed by atoms with Gasteiger partial charge in [-0.2, -0.15) is 0 Å². The number of nitro benzene ring substituents is 1. The number of anilines is 2. The van der Waals surface area contributed by atoms with Gasteiger partial charge in [0.1, 0.15) is 5.75 Å². The molecule has 0 saturated heterocycles. The van der Waals surface area contributed by atoms with E-state index in [1.807, 2.05) is 0 Å². The number of benzene rings is 2. The smallest absolute Gasteiger partial charge is 0.338 e. The number of methoxy groups -OCH3 is 2. The molecule has 0 aliphatic carbocycles. The largest absolute Gasteiger partial charge is 0.494 e. The second-order valence-corrected chi connectivity index (χ2v) is 5.41. The molecule has 0 bridgehead atoms. The minimum atomic E-state index is -0.715. The highest BCUT2D eigenvalue weighted by molar-refractivity contribution is 6.36. The molecule has 0 unspecified atom stereocenters. The van der Waals surface area contributed by atoms with Gasteiger partial charge in [0.15, 0.2) is 5.69 Å². The maximum absolute atomic E-state index is 11.7. The Bertz CT molecular complexity index is 811. The predicted molar refractivity (Wildman–Crippen MR) is 90.7 cm³/mol. The number of halogens is 2. The van der Waals surface area contributed by atoms with Gasteiger partial charge in [-0.1, -0.05) is 23.2 Å². The van der Waals surface area contributed by atoms with E-state index in [9.17, 15) is 14.9 Å². The molecule has 2 aromatic carbocycles. The zero-order chi connectivity index (χ0) is 17.9. The maximum Gasteiger partial charge on any atom is 0.338 e. The van der Waals surface area contributed by atoms with E-state index in [2.05, 4.69) is 10.1 Å². The molecular formula is C15H12Cl2N2O5. The zero-order valence-electron chi connectivity index (χ0n) is 12.6. The van der Waals surface area contributed by atoms with Crippen molar-refractivity contribution in [1.82, 2.24) is 0 Å². The number of esters is 1. The molecule has 0 fully saturated rings. The summed E-state index contributed by atoms with van der Waals surface area (Å²) < 4.78 is 9.75. The Kier molecular flexibility index (Phi) is 5.48. The second kappa shape index (κ2) is 7.37. The van der Waals surface area contributed by atoms with E-state index in [4.69, 9.17) is 27.9 Å². The van der Waals surface area contributed by atoms with E-state index in [0.717, 1.165) is 6.07 Å². The molecule has 0 aromatic heterocycles. The molecule has 24 heavy (non-hydrogen) atoms. The van der Waals surface area contributed by atoms with Gasteiger partial charge in [0, 0.05) is 11.1 Å². The fraction of sp³-hybridized carbons (Fsp3) is 0.133. The Morgan fingerprint density at radius 1 is 1.21 bits per heavy atom. The summed E-state index contributed by atoms with van der Waals surface area (Å²) in [5.41, 5.74) is 0.0854. The van der Waals surface area contributed by atoms with Crippen LogP contribution in [0.4, 0.5) is 17.1 Å². The first-order valence-electron chi connectivity index (χ1n) is 6.54. The summed E-state index contributed by atoms with van der Waals surface area (Å²) in [5, 5.41) is 14.9. The lowest BCUT2D eigenvalue weighted by molar-refractivity contribution is -0.384. The number of nitrogens with zero attached hydrogens (tertiary/aromatic N) is 1. The normalized spacial score (nSPS) is 10.2. The minimum absolute atomic E-state index is 0.00574. The van der Waals surface area contributed by atoms with E-state index in [0.29, 0.717) is 10.7 Å². The fourth-order valence-electron chi connectivity index (χ4n) is 1.99. The van der Waals surface area contributed by atoms with Crippen LogP contribution in [0.15, 0.2) is 30.3 Å². The number of rotatable bonds is 5. The van der Waals surface area contributed by atoms with Gasteiger partial charge in [-0.15, -0.1) is 0 Å². The average Bonchev–Trinajstić information content (AvgIpc) is 2.56. The SMILES string of the molecule is COC(=O)c1cc(OC)c(Nc2ccc(Cl)cc2Cl)c([N+](=O)[O-])c1. The van der Waals surface area contributed by atoms with E-state index in [1.54, 1.807) is 12.1 Å². The Morgan fingerprint density at radius 3 is 2.46 bits per heavy atom. The van der Waals surface area contributed by atoms with Gasteiger partial charge >= 0.3 is 5.97 Å². The zero-order valence-corrected chi connectivity index (χ0v) is 14.1. The maximum atomic E-state index is 11.7. The lowest BCUT2D eigenvalue weighted by Gasteiger charge is -2.14. The summed E-state index contributed by atoms with van der Waals surface area (Å²) in [6, 6.07) is 7.08. The first-order chi connectivity index (χ1) is 11.4. The van der Waals surface area contributed by atoms with Crippen LogP contribution in [0.1, 0.15) is 10.4 Å². The van der Waals surface area contributed by atoms with Crippen LogP contribution in [0.25, 0.3) is 0 Å². The molecule has 0 spiro atoms. The minimum Gasteiger partial charge on any atom is -0.494 e. The average molecular weight is 371 g/mol. The van der Waals surface area contributed by atoms with Gasteiger partial charge < -0.3 is 14.8 Å². The van der Waals surface area contributed by atoms with Gasteiger partial charge in [0.2, 0.25) is 0 Å². The van der Waals surface area contributed by atoms with Gasteiger partial charge in [0.05, 0.1) is 35.4 Å². The Hall–Kier alpha value is -2.51. The molecule has 0 saturated carbocycles. The molecule has 2 rings (SSSR count). The lowest BCUT2D eigenvalue weighted by atomic mass is 10.1. The van der Waals surface area contributed by atoms with Gasteiger partial charge in [-0.3, -0.25) is 10.1 Å². The summed E-state index contributed by atoms with van der Waals surface area (Å²) in [7, 11) is 2.51. The summed E-state index contributed by atoms with van der Waals surface area (Å²) >= 11 is 11.9. The molecule has 9 heteroatoms. The van der Waals surface area contributed by atoms with Crippen LogP contribution >= 0.6 is 23.2 Å². The molecule has 0 amide bonds. The van der Waals surface area contributed by atoms with Crippen molar-refractivity contribution in [2.24, 2.45) is 0 Å². The van der Waals surface area contributed by atoms with Gasteiger partial charge in [0.25, 0.3) is 5.69 Å². The van der Waals surface area contributed by atoms with Crippen molar-refractivity contribution in [3.8, 4) is 5.75 Å². The van der Waals surface area contributed by atoms with E-state index in [1.165, 1.54) is 26.4 Å². The molecule has 2 aromatic rings. The standard InChI is InChI=1S/C15H12Cl2N2O5/c1-23-13-6-8(15(20)24-2)5-12(19(21)22)14(13)18-11-4-3-9(16)7-10(11)17/h3-7,18H,1-2H3. The Labute approximate surface area is 147 Å². The number of carbonyl (C=O) groups is 1. The number of nitrogens with one attached hydrogen (secondary N) is 1. The van der Waals surface area contributed by atoms with E-state index >= 15 is 0 Å². The van der Waals surface area contributed by atoms with Crippen molar-refractivity contribution >= 4 is 46.2 Å². The quantitative estimate of drug-likeness (QED) is 0.475. The van der Waals surface area contributed by atoms with E-state index in [-0.39, 0.29) is 27.7 Å². The number of carbonyl (C=O) groups excluding carboxylic acids is 1. The highest BCUT2D eigenvalue weighted by Crippen LogP contribution is 2.40. The number of nitro groups is 1. The summed E-state index contributed by atoms with van der Waals surface area (Å²) in [5.74, 6) is -0.622. The van der Waals surface area contributed by atoms with Crippen molar-refractivity contribution in [2.75, 3.05) is 19.5 Å². The number of ether oxygens (including phenoxy) is 2. The van der Waals surface area contributed by atoms with Crippen LogP contribution < -0.4 is 10.1 Å². The predicted octanol–water partition coefficient (Wildman–Crippen LogP) is 4.44. The molecule has 0 atom stereocenters. The van der Waals surface area contributed by atoms with Crippen molar-refractivity contribution in [2.45, 2.75) is 0 Å². The van der Waals surface area contributed by atoms with Crippen molar-refractivity contribution in [3.63, 3.8) is 0 Å². The van der Waals surface area contributed by atoms with Crippen molar-refractivity contribution in [3.05, 3.63) is 56.1 Å². The van der Waals surface area contributed by atoms with E-state index < -0.39 is 10.9 Å². The molecule has 7 nitrogen and oxygen atoms in total. The summed E-state index contributed by atoms with van der Waals surface area (Å²) in [6.07, 6.45) is 0. The first kappa shape index (κ1) is 17.8. The number of hydrogen-bond donors (Lipinski definition) is 1. The van der Waals surface area contributed by atoms with Crippen LogP contribution in [0.2, 0.25) is 10.0 Å². The van der Waals surface area contributed by atoms with Crippen LogP contribution in [0.5, 0.6) is 5.75 Å². The Balaban J connectivity index is 2.58. The molecule has 0 aliphatic heterocycles. The highest BCUT2D eigenvalue weighted by atomic mass is 35.5. The van der Waals surface area contributed by atoms with Gasteiger partial charge in [-0.05, 0) is 24.3 Å². The first-order valence-corrected chi connectivity index (χ1v) is 7.29. The second-order valence-electron chi connectivity index (χ2n) is 4.57. The van der Waals surface area contributed by atoms with Crippen molar-refractivity contribution < 1.29 is 19.2 Å². The monoisotopic (exact) mass is 370 g/mol. The topological polar surface area (TPSA) is 90.7 Å². The molecule has 126 valence electrons. The third kappa shape index (κ3) is 3.69. The number of hydrogen-bond acceptors (Lipinski definition) is 6. The van der Waals surface area contributed by atoms with Crippen LogP contribution in [0, 0.1) is 10.1 Å². The lowest BCUT2D eigenvalue weighted by Crippen LogP contribution is -2.06. The Morgan fingerprint density at radius 2 is 1.92 bits per heavy atom. The van der Waals surface area contributed by atoms with Crippen LogP contribution in [0.3, 0.4) is 0 Å². The van der Waals surface area contributed by atoms with Crippen LogP contribution in [-0.4, -0.2) is 25.1 Å². The third-order valence-corrected chi connectivity index (χ3v) is 3.66. The molecule has 1 N–H and O–H groups in total. The molecule has 0 heterocycles. The molecule has 0 radical (unpaired) electrons.